The third kappa shape index (κ3) is 5.35. The number of esters is 1. The Morgan fingerprint density at radius 1 is 1.22 bits per heavy atom. The Bertz CT molecular complexity index is 1030. The van der Waals surface area contributed by atoms with E-state index in [4.69, 9.17) is 14.2 Å². The highest BCUT2D eigenvalue weighted by Crippen LogP contribution is 2.34. The monoisotopic (exact) mass is 444 g/mol. The van der Waals surface area contributed by atoms with E-state index >= 15 is 0 Å². The number of aliphatic hydroxyl groups excluding tert-OH is 1. The number of hydrogen-bond acceptors (Lipinski definition) is 7. The molecule has 1 aliphatic rings. The van der Waals surface area contributed by atoms with Gasteiger partial charge in [-0.05, 0) is 49.2 Å². The van der Waals surface area contributed by atoms with Crippen LogP contribution in [0.3, 0.4) is 0 Å². The van der Waals surface area contributed by atoms with Crippen LogP contribution in [-0.4, -0.2) is 67.5 Å². The molecular weight excluding hydrogens is 416 g/mol. The number of methoxy groups -OCH3 is 1. The maximum Gasteiger partial charge on any atom is 0.339 e. The van der Waals surface area contributed by atoms with Gasteiger partial charge in [-0.25, -0.2) is 4.79 Å². The highest BCUT2D eigenvalue weighted by atomic mass is 16.6. The summed E-state index contributed by atoms with van der Waals surface area (Å²) < 4.78 is 16.3. The first-order chi connectivity index (χ1) is 15.1. The van der Waals surface area contributed by atoms with Gasteiger partial charge in [-0.1, -0.05) is 18.2 Å². The Morgan fingerprint density at radius 2 is 1.94 bits per heavy atom. The molecule has 32 heavy (non-hydrogen) atoms. The van der Waals surface area contributed by atoms with E-state index in [-0.39, 0.29) is 25.3 Å². The molecule has 1 aliphatic heterocycles. The number of nitrogens with one attached hydrogen (secondary N) is 2. The van der Waals surface area contributed by atoms with Crippen LogP contribution >= 0.6 is 0 Å². The number of carbonyl (C=O) groups excluding carboxylic acids is 3. The molecule has 0 aromatic heterocycles. The normalized spacial score (nSPS) is 19.0. The van der Waals surface area contributed by atoms with Crippen molar-refractivity contribution in [3.63, 3.8) is 0 Å². The third-order valence-corrected chi connectivity index (χ3v) is 5.28. The van der Waals surface area contributed by atoms with Crippen molar-refractivity contribution < 1.29 is 33.7 Å². The molecule has 2 aromatic rings. The summed E-state index contributed by atoms with van der Waals surface area (Å²) in [5.41, 5.74) is 0.255. The van der Waals surface area contributed by atoms with Crippen LogP contribution in [0.5, 0.6) is 5.75 Å². The first-order valence-electron chi connectivity index (χ1n) is 10.3. The minimum Gasteiger partial charge on any atom is -0.497 e. The lowest BCUT2D eigenvalue weighted by atomic mass is 10.00. The van der Waals surface area contributed by atoms with E-state index < -0.39 is 35.6 Å². The van der Waals surface area contributed by atoms with Gasteiger partial charge in [0.25, 0.3) is 5.91 Å². The molecule has 1 fully saturated rings. The lowest BCUT2D eigenvalue weighted by Crippen LogP contribution is -2.49. The summed E-state index contributed by atoms with van der Waals surface area (Å²) in [4.78, 5) is 37.7. The number of benzene rings is 2. The summed E-state index contributed by atoms with van der Waals surface area (Å²) in [6, 6.07) is 8.97. The van der Waals surface area contributed by atoms with Crippen molar-refractivity contribution in [2.45, 2.75) is 38.6 Å². The molecule has 0 aliphatic carbocycles. The molecule has 0 unspecified atom stereocenters. The molecule has 1 heterocycles. The molecule has 3 atom stereocenters. The van der Waals surface area contributed by atoms with Gasteiger partial charge in [0, 0.05) is 6.54 Å². The summed E-state index contributed by atoms with van der Waals surface area (Å²) in [5, 5.41) is 15.7. The van der Waals surface area contributed by atoms with Crippen molar-refractivity contribution >= 4 is 28.6 Å². The van der Waals surface area contributed by atoms with E-state index in [1.807, 2.05) is 25.1 Å². The number of hydrogen-bond donors (Lipinski definition) is 3. The van der Waals surface area contributed by atoms with Gasteiger partial charge in [-0.15, -0.1) is 0 Å². The number of carbonyl (C=O) groups is 3. The van der Waals surface area contributed by atoms with Gasteiger partial charge >= 0.3 is 5.97 Å². The lowest BCUT2D eigenvalue weighted by Gasteiger charge is -2.21. The van der Waals surface area contributed by atoms with Crippen molar-refractivity contribution in [2.24, 2.45) is 0 Å². The van der Waals surface area contributed by atoms with E-state index in [1.165, 1.54) is 14.0 Å². The Balaban J connectivity index is 1.78. The van der Waals surface area contributed by atoms with Crippen LogP contribution in [0.15, 0.2) is 30.3 Å². The van der Waals surface area contributed by atoms with Crippen LogP contribution in [0.4, 0.5) is 0 Å². The predicted molar refractivity (Wildman–Crippen MR) is 116 cm³/mol. The Labute approximate surface area is 186 Å². The molecule has 1 saturated heterocycles. The maximum atomic E-state index is 13.1. The zero-order chi connectivity index (χ0) is 23.5. The van der Waals surface area contributed by atoms with Gasteiger partial charge in [0.1, 0.15) is 11.4 Å². The summed E-state index contributed by atoms with van der Waals surface area (Å²) >= 11 is 0. The molecule has 3 N–H and O–H groups in total. The average Bonchev–Trinajstić information content (AvgIpc) is 3.51. The highest BCUT2D eigenvalue weighted by Gasteiger charge is 2.53. The summed E-state index contributed by atoms with van der Waals surface area (Å²) in [6.45, 7) is 5.10. The molecular formula is C23H28N2O7. The van der Waals surface area contributed by atoms with Crippen molar-refractivity contribution in [2.75, 3.05) is 26.8 Å². The fraction of sp³-hybridized carbons (Fsp3) is 0.435. The first-order valence-corrected chi connectivity index (χ1v) is 10.3. The number of fused-ring (bicyclic) bond motifs is 1. The van der Waals surface area contributed by atoms with Crippen LogP contribution in [0, 0.1) is 6.92 Å². The topological polar surface area (TPSA) is 126 Å². The fourth-order valence-electron chi connectivity index (χ4n) is 3.27. The Hall–Kier alpha value is -3.17. The number of amides is 2. The van der Waals surface area contributed by atoms with E-state index in [9.17, 15) is 19.5 Å². The zero-order valence-electron chi connectivity index (χ0n) is 18.6. The van der Waals surface area contributed by atoms with E-state index in [0.29, 0.717) is 11.1 Å². The van der Waals surface area contributed by atoms with Crippen molar-refractivity contribution in [1.82, 2.24) is 10.6 Å². The number of ether oxygens (including phenoxy) is 3. The summed E-state index contributed by atoms with van der Waals surface area (Å²) in [6.07, 6.45) is -1.95. The number of aliphatic hydroxyl groups is 1. The molecule has 172 valence electrons. The molecule has 2 aromatic carbocycles. The van der Waals surface area contributed by atoms with E-state index in [1.54, 1.807) is 19.1 Å². The molecule has 9 nitrogen and oxygen atoms in total. The number of epoxide rings is 1. The quantitative estimate of drug-likeness (QED) is 0.390. The number of rotatable bonds is 9. The molecule has 9 heteroatoms. The van der Waals surface area contributed by atoms with Gasteiger partial charge in [-0.2, -0.15) is 0 Å². The van der Waals surface area contributed by atoms with Crippen LogP contribution in [0.25, 0.3) is 10.8 Å². The minimum atomic E-state index is -1.24. The van der Waals surface area contributed by atoms with Crippen LogP contribution in [0.2, 0.25) is 0 Å². The van der Waals surface area contributed by atoms with Gasteiger partial charge in [0.15, 0.2) is 0 Å². The standard InChI is InChI=1S/C23H28N2O7/c1-13-6-5-7-16-17(13)8-15(30-4)9-18(16)22(29)32-20(23(3)12-31-23)21(28)25-11-19(27)24-10-14(2)26/h5-9,14,20,26H,10-12H2,1-4H3,(H,24,27)(H,25,28)/t14-,20-,23-/m1/s1. The average molecular weight is 444 g/mol. The van der Waals surface area contributed by atoms with Crippen molar-refractivity contribution in [3.05, 3.63) is 41.5 Å². The second-order valence-electron chi connectivity index (χ2n) is 8.10. The van der Waals surface area contributed by atoms with Gasteiger partial charge < -0.3 is 30.0 Å². The lowest BCUT2D eigenvalue weighted by molar-refractivity contribution is -0.135. The molecule has 2 amide bonds. The van der Waals surface area contributed by atoms with Gasteiger partial charge in [0.2, 0.25) is 12.0 Å². The maximum absolute atomic E-state index is 13.1. The Kier molecular flexibility index (Phi) is 7.00. The van der Waals surface area contributed by atoms with E-state index in [2.05, 4.69) is 10.6 Å². The summed E-state index contributed by atoms with van der Waals surface area (Å²) in [7, 11) is 1.51. The van der Waals surface area contributed by atoms with E-state index in [0.717, 1.165) is 10.9 Å². The number of aryl methyl sites for hydroxylation is 1. The molecule has 0 radical (unpaired) electrons. The first kappa shape index (κ1) is 23.5. The zero-order valence-corrected chi connectivity index (χ0v) is 18.6. The smallest absolute Gasteiger partial charge is 0.339 e. The van der Waals surface area contributed by atoms with Gasteiger partial charge in [0.05, 0.1) is 31.9 Å². The highest BCUT2D eigenvalue weighted by molar-refractivity contribution is 6.07. The minimum absolute atomic E-state index is 0.0657. The Morgan fingerprint density at radius 3 is 2.56 bits per heavy atom. The van der Waals surface area contributed by atoms with Crippen molar-refractivity contribution in [3.8, 4) is 5.75 Å². The van der Waals surface area contributed by atoms with Crippen LogP contribution < -0.4 is 15.4 Å². The van der Waals surface area contributed by atoms with Gasteiger partial charge in [-0.3, -0.25) is 9.59 Å². The second-order valence-corrected chi connectivity index (χ2v) is 8.10. The molecule has 0 saturated carbocycles. The summed E-state index contributed by atoms with van der Waals surface area (Å²) in [5.74, 6) is -1.33. The fourth-order valence-corrected chi connectivity index (χ4v) is 3.27. The van der Waals surface area contributed by atoms with Crippen LogP contribution in [0.1, 0.15) is 29.8 Å². The largest absolute Gasteiger partial charge is 0.497 e. The molecule has 3 rings (SSSR count). The second kappa shape index (κ2) is 9.54. The SMILES string of the molecule is COc1cc(C(=O)O[C@H](C(=O)NCC(=O)NC[C@@H](C)O)[C@@]2(C)CO2)c2cccc(C)c2c1. The van der Waals surface area contributed by atoms with Crippen molar-refractivity contribution in [1.29, 1.82) is 0 Å². The molecule has 0 bridgehead atoms. The van der Waals surface area contributed by atoms with Crippen LogP contribution in [-0.2, 0) is 19.1 Å². The predicted octanol–water partition coefficient (Wildman–Crippen LogP) is 1.08. The third-order valence-electron chi connectivity index (χ3n) is 5.28. The molecule has 0 spiro atoms.